The van der Waals surface area contributed by atoms with Crippen LogP contribution in [0.15, 0.2) is 78.2 Å². The lowest BCUT2D eigenvalue weighted by atomic mass is 9.81. The standard InChI is InChI=1S/C27H27F2N5O4S/c1-34-21(10-13-32-34)27-22(37-16-18-6-3-2-4-7-18)8-5-9-23(27)38-24-14-20(29)25(15-19(24)28)39(35,36)33-26-11-12-30-17-31-26/h2-4,6-7,10-15,17,22-23,27H,5,8-9,16H2,1H3,(H,30,31,33). The predicted octanol–water partition coefficient (Wildman–Crippen LogP) is 4.59. The maximum absolute atomic E-state index is 15.2. The van der Waals surface area contributed by atoms with Crippen molar-refractivity contribution in [2.45, 2.75) is 48.9 Å². The van der Waals surface area contributed by atoms with E-state index in [9.17, 15) is 8.42 Å². The van der Waals surface area contributed by atoms with Crippen LogP contribution in [-0.2, 0) is 28.4 Å². The van der Waals surface area contributed by atoms with Gasteiger partial charge >= 0.3 is 0 Å². The number of ether oxygens (including phenoxy) is 2. The molecule has 3 atom stereocenters. The van der Waals surface area contributed by atoms with Gasteiger partial charge in [-0.25, -0.2) is 27.2 Å². The molecule has 5 rings (SSSR count). The van der Waals surface area contributed by atoms with Crippen molar-refractivity contribution in [3.8, 4) is 5.75 Å². The average molecular weight is 556 g/mol. The molecule has 2 aromatic carbocycles. The number of hydrogen-bond acceptors (Lipinski definition) is 7. The van der Waals surface area contributed by atoms with Crippen LogP contribution in [0.4, 0.5) is 14.6 Å². The number of halogens is 2. The summed E-state index contributed by atoms with van der Waals surface area (Å²) in [5.41, 5.74) is 1.86. The van der Waals surface area contributed by atoms with Gasteiger partial charge in [0, 0.05) is 37.3 Å². The van der Waals surface area contributed by atoms with Gasteiger partial charge in [-0.2, -0.15) is 5.10 Å². The van der Waals surface area contributed by atoms with E-state index in [-0.39, 0.29) is 23.6 Å². The molecular weight excluding hydrogens is 528 g/mol. The molecule has 39 heavy (non-hydrogen) atoms. The van der Waals surface area contributed by atoms with Crippen LogP contribution in [0.1, 0.15) is 36.4 Å². The molecular formula is C27H27F2N5O4S. The Morgan fingerprint density at radius 1 is 1.03 bits per heavy atom. The number of nitrogens with one attached hydrogen (secondary N) is 1. The van der Waals surface area contributed by atoms with Crippen molar-refractivity contribution in [3.05, 3.63) is 96.2 Å². The third-order valence-electron chi connectivity index (χ3n) is 6.66. The third kappa shape index (κ3) is 6.07. The first-order valence-electron chi connectivity index (χ1n) is 12.4. The van der Waals surface area contributed by atoms with Gasteiger partial charge < -0.3 is 9.47 Å². The van der Waals surface area contributed by atoms with Crippen molar-refractivity contribution in [1.29, 1.82) is 0 Å². The summed E-state index contributed by atoms with van der Waals surface area (Å²) < 4.78 is 71.9. The number of aromatic nitrogens is 4. The van der Waals surface area contributed by atoms with Crippen molar-refractivity contribution in [3.63, 3.8) is 0 Å². The molecule has 1 aliphatic carbocycles. The molecule has 12 heteroatoms. The van der Waals surface area contributed by atoms with Gasteiger partial charge in [0.15, 0.2) is 11.6 Å². The molecule has 1 aliphatic rings. The Bertz CT molecular complexity index is 1520. The van der Waals surface area contributed by atoms with E-state index in [0.29, 0.717) is 19.1 Å². The Hall–Kier alpha value is -3.90. The quantitative estimate of drug-likeness (QED) is 0.322. The van der Waals surface area contributed by atoms with Crippen LogP contribution in [-0.4, -0.2) is 40.4 Å². The summed E-state index contributed by atoms with van der Waals surface area (Å²) in [5, 5.41) is 4.28. The topological polar surface area (TPSA) is 108 Å². The van der Waals surface area contributed by atoms with Crippen LogP contribution in [0.5, 0.6) is 5.75 Å². The minimum atomic E-state index is -4.45. The summed E-state index contributed by atoms with van der Waals surface area (Å²) in [6.45, 7) is 0.390. The fraction of sp³-hybridized carbons (Fsp3) is 0.296. The first-order valence-corrected chi connectivity index (χ1v) is 13.9. The van der Waals surface area contributed by atoms with E-state index >= 15 is 8.78 Å². The second-order valence-electron chi connectivity index (χ2n) is 9.24. The molecule has 204 valence electrons. The van der Waals surface area contributed by atoms with Crippen LogP contribution in [0.2, 0.25) is 0 Å². The molecule has 0 radical (unpaired) electrons. The first kappa shape index (κ1) is 26.7. The summed E-state index contributed by atoms with van der Waals surface area (Å²) in [6.07, 6.45) is 5.36. The molecule has 9 nitrogen and oxygen atoms in total. The van der Waals surface area contributed by atoms with Crippen molar-refractivity contribution in [2.24, 2.45) is 7.05 Å². The summed E-state index contributed by atoms with van der Waals surface area (Å²) in [4.78, 5) is 6.60. The number of anilines is 1. The van der Waals surface area contributed by atoms with E-state index in [1.54, 1.807) is 17.9 Å². The molecule has 0 bridgehead atoms. The smallest absolute Gasteiger partial charge is 0.266 e. The van der Waals surface area contributed by atoms with Crippen molar-refractivity contribution >= 4 is 15.8 Å². The lowest BCUT2D eigenvalue weighted by molar-refractivity contribution is -0.0383. The van der Waals surface area contributed by atoms with E-state index < -0.39 is 32.7 Å². The number of aryl methyl sites for hydroxylation is 1. The minimum absolute atomic E-state index is 0.0760. The van der Waals surface area contributed by atoms with E-state index in [2.05, 4.69) is 19.8 Å². The number of nitrogens with zero attached hydrogens (tertiary/aromatic N) is 4. The second-order valence-corrected chi connectivity index (χ2v) is 10.9. The molecule has 4 aromatic rings. The van der Waals surface area contributed by atoms with Gasteiger partial charge in [-0.3, -0.25) is 9.40 Å². The highest BCUT2D eigenvalue weighted by Gasteiger charge is 2.39. The van der Waals surface area contributed by atoms with Gasteiger partial charge in [-0.05, 0) is 37.0 Å². The van der Waals surface area contributed by atoms with Gasteiger partial charge in [0.05, 0.1) is 18.6 Å². The molecule has 2 heterocycles. The number of benzene rings is 2. The maximum atomic E-state index is 15.2. The summed E-state index contributed by atoms with van der Waals surface area (Å²) >= 11 is 0. The van der Waals surface area contributed by atoms with Crippen molar-refractivity contribution < 1.29 is 26.7 Å². The van der Waals surface area contributed by atoms with E-state index in [1.807, 2.05) is 36.4 Å². The van der Waals surface area contributed by atoms with Gasteiger partial charge in [-0.1, -0.05) is 30.3 Å². The van der Waals surface area contributed by atoms with E-state index in [1.165, 1.54) is 12.3 Å². The Balaban J connectivity index is 1.40. The molecule has 1 saturated carbocycles. The Kier molecular flexibility index (Phi) is 7.84. The zero-order valence-corrected chi connectivity index (χ0v) is 21.9. The fourth-order valence-electron chi connectivity index (χ4n) is 4.82. The van der Waals surface area contributed by atoms with Gasteiger partial charge in [0.2, 0.25) is 0 Å². The molecule has 0 aliphatic heterocycles. The lowest BCUT2D eigenvalue weighted by Gasteiger charge is -2.38. The monoisotopic (exact) mass is 555 g/mol. The van der Waals surface area contributed by atoms with E-state index in [0.717, 1.165) is 36.5 Å². The fourth-order valence-corrected chi connectivity index (χ4v) is 5.90. The zero-order valence-electron chi connectivity index (χ0n) is 21.1. The Morgan fingerprint density at radius 2 is 1.82 bits per heavy atom. The van der Waals surface area contributed by atoms with Crippen LogP contribution in [0, 0.1) is 11.6 Å². The largest absolute Gasteiger partial charge is 0.486 e. The van der Waals surface area contributed by atoms with Gasteiger partial charge in [0.25, 0.3) is 10.0 Å². The van der Waals surface area contributed by atoms with Crippen LogP contribution < -0.4 is 9.46 Å². The second kappa shape index (κ2) is 11.5. The first-order chi connectivity index (χ1) is 18.8. The van der Waals surface area contributed by atoms with Crippen LogP contribution in [0.25, 0.3) is 0 Å². The molecule has 0 saturated heterocycles. The number of sulfonamides is 1. The average Bonchev–Trinajstić information content (AvgIpc) is 3.35. The summed E-state index contributed by atoms with van der Waals surface area (Å²) in [5.74, 6) is -2.93. The zero-order chi connectivity index (χ0) is 27.4. The lowest BCUT2D eigenvalue weighted by Crippen LogP contribution is -2.40. The van der Waals surface area contributed by atoms with Gasteiger partial charge in [-0.15, -0.1) is 0 Å². The minimum Gasteiger partial charge on any atom is -0.486 e. The normalized spacial score (nSPS) is 19.5. The number of rotatable bonds is 9. The van der Waals surface area contributed by atoms with Crippen LogP contribution >= 0.6 is 0 Å². The van der Waals surface area contributed by atoms with E-state index in [4.69, 9.17) is 9.47 Å². The highest BCUT2D eigenvalue weighted by molar-refractivity contribution is 7.92. The predicted molar refractivity (Wildman–Crippen MR) is 138 cm³/mol. The Labute approximate surface area is 224 Å². The third-order valence-corrected chi connectivity index (χ3v) is 8.03. The van der Waals surface area contributed by atoms with Gasteiger partial charge in [0.1, 0.15) is 29.0 Å². The number of hydrogen-bond donors (Lipinski definition) is 1. The Morgan fingerprint density at radius 3 is 2.54 bits per heavy atom. The molecule has 3 unspecified atom stereocenters. The SMILES string of the molecule is Cn1nccc1C1C(OCc2ccccc2)CCCC1Oc1cc(F)c(S(=O)(=O)Nc2ccncn2)cc1F. The molecule has 1 N–H and O–H groups in total. The molecule has 0 spiro atoms. The molecule has 0 amide bonds. The highest BCUT2D eigenvalue weighted by Crippen LogP contribution is 2.39. The summed E-state index contributed by atoms with van der Waals surface area (Å²) in [6, 6.07) is 14.3. The summed E-state index contributed by atoms with van der Waals surface area (Å²) in [7, 11) is -2.65. The highest BCUT2D eigenvalue weighted by atomic mass is 32.2. The maximum Gasteiger partial charge on any atom is 0.266 e. The molecule has 2 aromatic heterocycles. The molecule has 1 fully saturated rings. The van der Waals surface area contributed by atoms with Crippen LogP contribution in [0.3, 0.4) is 0 Å². The van der Waals surface area contributed by atoms with Crippen molar-refractivity contribution in [1.82, 2.24) is 19.7 Å². The van der Waals surface area contributed by atoms with Crippen molar-refractivity contribution in [2.75, 3.05) is 4.72 Å².